The van der Waals surface area contributed by atoms with Gasteiger partial charge in [0.15, 0.2) is 0 Å². The summed E-state index contributed by atoms with van der Waals surface area (Å²) in [5.41, 5.74) is -2.24. The van der Waals surface area contributed by atoms with Crippen molar-refractivity contribution in [2.45, 2.75) is 105 Å². The van der Waals surface area contributed by atoms with Crippen LogP contribution in [0.4, 0.5) is 0 Å². The number of rotatable bonds is 5. The molecule has 4 heteroatoms. The lowest BCUT2D eigenvalue weighted by atomic mass is 9.50. The van der Waals surface area contributed by atoms with E-state index >= 15 is 0 Å². The van der Waals surface area contributed by atoms with E-state index in [-0.39, 0.29) is 5.97 Å². The van der Waals surface area contributed by atoms with Gasteiger partial charge in [-0.1, -0.05) is 20.8 Å². The maximum atomic E-state index is 12.9. The molecule has 4 fully saturated rings. The highest BCUT2D eigenvalue weighted by atomic mass is 16.6. The third kappa shape index (κ3) is 4.19. The van der Waals surface area contributed by atoms with E-state index in [0.717, 1.165) is 11.8 Å². The fourth-order valence-electron chi connectivity index (χ4n) is 5.17. The van der Waals surface area contributed by atoms with Crippen molar-refractivity contribution in [1.29, 1.82) is 0 Å². The van der Waals surface area contributed by atoms with Crippen LogP contribution in [0.3, 0.4) is 0 Å². The molecule has 0 heterocycles. The number of carbonyl (C=O) groups excluding carboxylic acids is 2. The Kier molecular flexibility index (Phi) is 6.38. The molecule has 4 bridgehead atoms. The summed E-state index contributed by atoms with van der Waals surface area (Å²) in [7, 11) is 0. The summed E-state index contributed by atoms with van der Waals surface area (Å²) in [5, 5.41) is 0. The predicted octanol–water partition coefficient (Wildman–Crippen LogP) is 5.53. The average Bonchev–Trinajstić information content (AvgIpc) is 2.60. The van der Waals surface area contributed by atoms with Crippen molar-refractivity contribution in [3.05, 3.63) is 0 Å². The molecule has 27 heavy (non-hydrogen) atoms. The lowest BCUT2D eigenvalue weighted by Gasteiger charge is -2.59. The molecule has 4 nitrogen and oxygen atoms in total. The molecule has 0 aromatic rings. The summed E-state index contributed by atoms with van der Waals surface area (Å²) in [6.45, 7) is 15.1. The maximum absolute atomic E-state index is 12.9. The first-order valence-corrected chi connectivity index (χ1v) is 10.9. The lowest BCUT2D eigenvalue weighted by molar-refractivity contribution is -0.221. The van der Waals surface area contributed by atoms with Crippen molar-refractivity contribution >= 4 is 11.9 Å². The van der Waals surface area contributed by atoms with E-state index in [9.17, 15) is 9.59 Å². The van der Waals surface area contributed by atoms with Gasteiger partial charge in [-0.2, -0.15) is 0 Å². The molecule has 4 rings (SSSR count). The van der Waals surface area contributed by atoms with Crippen LogP contribution in [0.15, 0.2) is 0 Å². The Hall–Kier alpha value is -1.06. The van der Waals surface area contributed by atoms with Crippen LogP contribution < -0.4 is 0 Å². The first-order chi connectivity index (χ1) is 12.5. The maximum Gasteiger partial charge on any atom is 0.350 e. The molecule has 0 aromatic heterocycles. The molecular formula is C23H40O4. The summed E-state index contributed by atoms with van der Waals surface area (Å²) in [6, 6.07) is 0. The van der Waals surface area contributed by atoms with Crippen LogP contribution in [0.2, 0.25) is 0 Å². The minimum absolute atomic E-state index is 0.341. The summed E-state index contributed by atoms with van der Waals surface area (Å²) >= 11 is 0. The highest BCUT2D eigenvalue weighted by Gasteiger charge is 2.58. The van der Waals surface area contributed by atoms with E-state index < -0.39 is 22.6 Å². The topological polar surface area (TPSA) is 52.6 Å². The van der Waals surface area contributed by atoms with Crippen LogP contribution in [0.25, 0.3) is 0 Å². The predicted molar refractivity (Wildman–Crippen MR) is 107 cm³/mol. The van der Waals surface area contributed by atoms with Gasteiger partial charge >= 0.3 is 11.9 Å². The SMILES string of the molecule is CC.CCC(C)(C)C(=O)OC(C)(C)C(=O)OC1(C)C2CC3CC(C2)CC1C3. The van der Waals surface area contributed by atoms with E-state index in [1.165, 1.54) is 32.1 Å². The first-order valence-electron chi connectivity index (χ1n) is 10.9. The van der Waals surface area contributed by atoms with Gasteiger partial charge in [0, 0.05) is 0 Å². The second-order valence-electron chi connectivity index (χ2n) is 10.0. The average molecular weight is 381 g/mol. The van der Waals surface area contributed by atoms with E-state index in [2.05, 4.69) is 6.92 Å². The Labute approximate surface area is 165 Å². The largest absolute Gasteiger partial charge is 0.456 e. The standard InChI is InChI=1S/C21H34O4.C2H6/c1-7-19(2,3)17(22)24-20(4,5)18(23)25-21(6)15-9-13-8-14(11-15)12-16(21)10-13;1-2/h13-16H,7-12H2,1-6H3;1-2H3. The highest BCUT2D eigenvalue weighted by Crippen LogP contribution is 2.59. The molecule has 0 saturated heterocycles. The Morgan fingerprint density at radius 2 is 1.33 bits per heavy atom. The lowest BCUT2D eigenvalue weighted by Crippen LogP contribution is -2.59. The van der Waals surface area contributed by atoms with Crippen molar-refractivity contribution < 1.29 is 19.1 Å². The molecule has 4 aliphatic rings. The molecule has 0 amide bonds. The Balaban J connectivity index is 0.00000126. The van der Waals surface area contributed by atoms with E-state index in [4.69, 9.17) is 9.47 Å². The number of hydrogen-bond acceptors (Lipinski definition) is 4. The summed E-state index contributed by atoms with van der Waals surface area (Å²) in [4.78, 5) is 25.3. The Bertz CT molecular complexity index is 533. The van der Waals surface area contributed by atoms with Crippen LogP contribution in [-0.4, -0.2) is 23.1 Å². The van der Waals surface area contributed by atoms with Crippen LogP contribution >= 0.6 is 0 Å². The molecule has 0 aliphatic heterocycles. The first kappa shape index (κ1) is 22.2. The molecule has 0 aromatic carbocycles. The molecule has 0 atom stereocenters. The van der Waals surface area contributed by atoms with Gasteiger partial charge < -0.3 is 9.47 Å². The third-order valence-corrected chi connectivity index (χ3v) is 7.35. The summed E-state index contributed by atoms with van der Waals surface area (Å²) < 4.78 is 11.7. The zero-order chi connectivity index (χ0) is 20.6. The van der Waals surface area contributed by atoms with Gasteiger partial charge in [0.25, 0.3) is 0 Å². The number of hydrogen-bond donors (Lipinski definition) is 0. The Morgan fingerprint density at radius 3 is 1.74 bits per heavy atom. The molecular weight excluding hydrogens is 340 g/mol. The van der Waals surface area contributed by atoms with Crippen LogP contribution in [-0.2, 0) is 19.1 Å². The second kappa shape index (κ2) is 7.75. The van der Waals surface area contributed by atoms with Crippen molar-refractivity contribution in [3.8, 4) is 0 Å². The third-order valence-electron chi connectivity index (χ3n) is 7.35. The fraction of sp³-hybridized carbons (Fsp3) is 0.913. The molecule has 4 saturated carbocycles. The fourth-order valence-corrected chi connectivity index (χ4v) is 5.17. The van der Waals surface area contributed by atoms with Crippen molar-refractivity contribution in [2.75, 3.05) is 0 Å². The number of ether oxygens (including phenoxy) is 2. The highest BCUT2D eigenvalue weighted by molar-refractivity contribution is 5.84. The molecule has 0 spiro atoms. The number of esters is 2. The molecule has 4 aliphatic carbocycles. The Morgan fingerprint density at radius 1 is 0.889 bits per heavy atom. The van der Waals surface area contributed by atoms with Crippen molar-refractivity contribution in [1.82, 2.24) is 0 Å². The van der Waals surface area contributed by atoms with Gasteiger partial charge in [-0.15, -0.1) is 0 Å². The summed E-state index contributed by atoms with van der Waals surface area (Å²) in [5.74, 6) is 1.84. The van der Waals surface area contributed by atoms with E-state index in [0.29, 0.717) is 18.3 Å². The van der Waals surface area contributed by atoms with Crippen LogP contribution in [0.1, 0.15) is 93.9 Å². The van der Waals surface area contributed by atoms with Crippen molar-refractivity contribution in [3.63, 3.8) is 0 Å². The van der Waals surface area contributed by atoms with Gasteiger partial charge in [0.1, 0.15) is 5.60 Å². The minimum atomic E-state index is -1.25. The minimum Gasteiger partial charge on any atom is -0.456 e. The summed E-state index contributed by atoms with van der Waals surface area (Å²) in [6.07, 6.45) is 6.76. The van der Waals surface area contributed by atoms with Crippen LogP contribution in [0.5, 0.6) is 0 Å². The molecule has 156 valence electrons. The van der Waals surface area contributed by atoms with Gasteiger partial charge in [-0.05, 0) is 96.8 Å². The van der Waals surface area contributed by atoms with Gasteiger partial charge in [-0.3, -0.25) is 4.79 Å². The normalized spacial score (nSPS) is 34.5. The number of carbonyl (C=O) groups is 2. The monoisotopic (exact) mass is 380 g/mol. The molecule has 0 unspecified atom stereocenters. The molecule has 0 N–H and O–H groups in total. The van der Waals surface area contributed by atoms with Gasteiger partial charge in [-0.25, -0.2) is 4.79 Å². The quantitative estimate of drug-likeness (QED) is 0.589. The second-order valence-corrected chi connectivity index (χ2v) is 10.0. The van der Waals surface area contributed by atoms with Crippen LogP contribution in [0, 0.1) is 29.1 Å². The smallest absolute Gasteiger partial charge is 0.350 e. The zero-order valence-electron chi connectivity index (χ0n) is 18.7. The zero-order valence-corrected chi connectivity index (χ0v) is 18.7. The molecule has 0 radical (unpaired) electrons. The van der Waals surface area contributed by atoms with E-state index in [1.54, 1.807) is 13.8 Å². The van der Waals surface area contributed by atoms with Crippen molar-refractivity contribution in [2.24, 2.45) is 29.1 Å². The van der Waals surface area contributed by atoms with Gasteiger partial charge in [0.05, 0.1) is 5.41 Å². The van der Waals surface area contributed by atoms with Gasteiger partial charge in [0.2, 0.25) is 5.60 Å². The van der Waals surface area contributed by atoms with E-state index in [1.807, 2.05) is 34.6 Å².